The molecule has 0 fully saturated rings. The third-order valence-electron chi connectivity index (χ3n) is 3.77. The molecule has 0 unspecified atom stereocenters. The first kappa shape index (κ1) is 14.9. The number of likely N-dealkylation sites (N-methyl/N-ethyl adjacent to an activating group) is 1. The Hall–Kier alpha value is -1.55. The lowest BCUT2D eigenvalue weighted by molar-refractivity contribution is 0.0818. The molecule has 0 aliphatic carbocycles. The highest BCUT2D eigenvalue weighted by atomic mass is 16.7. The van der Waals surface area contributed by atoms with Gasteiger partial charge in [0.1, 0.15) is 0 Å². The summed E-state index contributed by atoms with van der Waals surface area (Å²) in [6.07, 6.45) is 1.88. The summed E-state index contributed by atoms with van der Waals surface area (Å²) < 4.78 is 10.6. The summed E-state index contributed by atoms with van der Waals surface area (Å²) >= 11 is 0. The van der Waals surface area contributed by atoms with Crippen molar-refractivity contribution in [3.05, 3.63) is 23.8 Å². The SMILES string of the molecule is CCC[C@H](C(=O)c1ccc2c(c1)OCO2)N(CC)CC. The number of carbonyl (C=O) groups is 1. The first-order chi connectivity index (χ1) is 9.71. The van der Waals surface area contributed by atoms with Crippen molar-refractivity contribution >= 4 is 5.78 Å². The fraction of sp³-hybridized carbons (Fsp3) is 0.562. The molecule has 1 aliphatic heterocycles. The number of ether oxygens (including phenoxy) is 2. The lowest BCUT2D eigenvalue weighted by Gasteiger charge is -2.28. The van der Waals surface area contributed by atoms with Crippen LogP contribution in [0.4, 0.5) is 0 Å². The molecule has 0 radical (unpaired) electrons. The summed E-state index contributed by atoms with van der Waals surface area (Å²) in [7, 11) is 0. The second-order valence-corrected chi connectivity index (χ2v) is 4.96. The van der Waals surface area contributed by atoms with Crippen molar-refractivity contribution in [1.29, 1.82) is 0 Å². The fourth-order valence-electron chi connectivity index (χ4n) is 2.66. The number of hydrogen-bond donors (Lipinski definition) is 0. The van der Waals surface area contributed by atoms with Gasteiger partial charge in [-0.2, -0.15) is 0 Å². The van der Waals surface area contributed by atoms with Gasteiger partial charge < -0.3 is 9.47 Å². The molecule has 0 aromatic heterocycles. The number of hydrogen-bond acceptors (Lipinski definition) is 4. The van der Waals surface area contributed by atoms with Crippen LogP contribution in [0.5, 0.6) is 11.5 Å². The van der Waals surface area contributed by atoms with E-state index < -0.39 is 0 Å². The molecular formula is C16H23NO3. The van der Waals surface area contributed by atoms with Gasteiger partial charge in [0.05, 0.1) is 6.04 Å². The zero-order chi connectivity index (χ0) is 14.5. The normalized spacial score (nSPS) is 14.6. The van der Waals surface area contributed by atoms with Crippen LogP contribution in [0, 0.1) is 0 Å². The van der Waals surface area contributed by atoms with Gasteiger partial charge in [-0.25, -0.2) is 0 Å². The van der Waals surface area contributed by atoms with Crippen molar-refractivity contribution in [3.8, 4) is 11.5 Å². The third kappa shape index (κ3) is 2.96. The molecule has 0 bridgehead atoms. The molecule has 1 heterocycles. The Balaban J connectivity index is 2.22. The van der Waals surface area contributed by atoms with E-state index in [4.69, 9.17) is 9.47 Å². The molecule has 20 heavy (non-hydrogen) atoms. The van der Waals surface area contributed by atoms with E-state index in [1.54, 1.807) is 6.07 Å². The molecule has 1 atom stereocenters. The van der Waals surface area contributed by atoms with Crippen molar-refractivity contribution in [2.75, 3.05) is 19.9 Å². The summed E-state index contributed by atoms with van der Waals surface area (Å²) in [4.78, 5) is 15.0. The van der Waals surface area contributed by atoms with Crippen LogP contribution in [0.1, 0.15) is 44.0 Å². The Morgan fingerprint density at radius 1 is 1.20 bits per heavy atom. The molecule has 4 nitrogen and oxygen atoms in total. The van der Waals surface area contributed by atoms with Crippen LogP contribution in [0.15, 0.2) is 18.2 Å². The van der Waals surface area contributed by atoms with Gasteiger partial charge in [0.2, 0.25) is 6.79 Å². The van der Waals surface area contributed by atoms with Gasteiger partial charge in [-0.1, -0.05) is 27.2 Å². The number of benzene rings is 1. The minimum Gasteiger partial charge on any atom is -0.454 e. The van der Waals surface area contributed by atoms with Crippen LogP contribution in [0.2, 0.25) is 0 Å². The van der Waals surface area contributed by atoms with Crippen LogP contribution >= 0.6 is 0 Å². The molecule has 0 saturated heterocycles. The van der Waals surface area contributed by atoms with Gasteiger partial charge in [-0.15, -0.1) is 0 Å². The van der Waals surface area contributed by atoms with Crippen molar-refractivity contribution < 1.29 is 14.3 Å². The lowest BCUT2D eigenvalue weighted by Crippen LogP contribution is -2.41. The van der Waals surface area contributed by atoms with Crippen molar-refractivity contribution in [2.45, 2.75) is 39.7 Å². The number of ketones is 1. The van der Waals surface area contributed by atoms with Gasteiger partial charge in [0.15, 0.2) is 17.3 Å². The number of nitrogens with zero attached hydrogens (tertiary/aromatic N) is 1. The van der Waals surface area contributed by atoms with E-state index in [9.17, 15) is 4.79 Å². The monoisotopic (exact) mass is 277 g/mol. The largest absolute Gasteiger partial charge is 0.454 e. The maximum atomic E-state index is 12.8. The van der Waals surface area contributed by atoms with Crippen molar-refractivity contribution in [3.63, 3.8) is 0 Å². The third-order valence-corrected chi connectivity index (χ3v) is 3.77. The van der Waals surface area contributed by atoms with E-state index in [0.29, 0.717) is 11.3 Å². The number of Topliss-reactive ketones (excluding diaryl/α,β-unsaturated/α-hetero) is 1. The average Bonchev–Trinajstić information content (AvgIpc) is 2.94. The highest BCUT2D eigenvalue weighted by Gasteiger charge is 2.25. The molecule has 0 amide bonds. The van der Waals surface area contributed by atoms with Gasteiger partial charge in [-0.3, -0.25) is 9.69 Å². The summed E-state index contributed by atoms with van der Waals surface area (Å²) in [6.45, 7) is 8.32. The highest BCUT2D eigenvalue weighted by Crippen LogP contribution is 2.33. The quantitative estimate of drug-likeness (QED) is 0.718. The molecule has 0 N–H and O–H groups in total. The fourth-order valence-corrected chi connectivity index (χ4v) is 2.66. The molecule has 2 rings (SSSR count). The standard InChI is InChI=1S/C16H23NO3/c1-4-7-13(17(5-2)6-3)16(18)12-8-9-14-15(10-12)20-11-19-14/h8-10,13H,4-7,11H2,1-3H3/t13-/m1/s1. The van der Waals surface area contributed by atoms with Crippen LogP contribution in [-0.2, 0) is 0 Å². The summed E-state index contributed by atoms with van der Waals surface area (Å²) in [5.41, 5.74) is 0.708. The topological polar surface area (TPSA) is 38.8 Å². The number of rotatable bonds is 7. The van der Waals surface area contributed by atoms with Crippen molar-refractivity contribution in [1.82, 2.24) is 4.90 Å². The van der Waals surface area contributed by atoms with Crippen LogP contribution < -0.4 is 9.47 Å². The Morgan fingerprint density at radius 2 is 1.90 bits per heavy atom. The molecule has 110 valence electrons. The molecule has 0 saturated carbocycles. The Kier molecular flexibility index (Phi) is 5.01. The predicted molar refractivity (Wildman–Crippen MR) is 78.5 cm³/mol. The van der Waals surface area contributed by atoms with Crippen LogP contribution in [0.25, 0.3) is 0 Å². The van der Waals surface area contributed by atoms with Gasteiger partial charge in [0.25, 0.3) is 0 Å². The molecule has 1 aromatic carbocycles. The van der Waals surface area contributed by atoms with E-state index in [2.05, 4.69) is 25.7 Å². The smallest absolute Gasteiger partial charge is 0.231 e. The second kappa shape index (κ2) is 6.75. The zero-order valence-corrected chi connectivity index (χ0v) is 12.5. The molecule has 1 aliphatic rings. The van der Waals surface area contributed by atoms with Gasteiger partial charge in [0, 0.05) is 5.56 Å². The second-order valence-electron chi connectivity index (χ2n) is 4.96. The van der Waals surface area contributed by atoms with Crippen LogP contribution in [-0.4, -0.2) is 36.6 Å². The maximum Gasteiger partial charge on any atom is 0.231 e. The molecule has 1 aromatic rings. The predicted octanol–water partition coefficient (Wildman–Crippen LogP) is 3.11. The van der Waals surface area contributed by atoms with E-state index in [-0.39, 0.29) is 18.6 Å². The van der Waals surface area contributed by atoms with E-state index in [0.717, 1.165) is 31.7 Å². The zero-order valence-electron chi connectivity index (χ0n) is 12.5. The Bertz CT molecular complexity index is 469. The van der Waals surface area contributed by atoms with Gasteiger partial charge in [-0.05, 0) is 37.7 Å². The molecule has 0 spiro atoms. The molecular weight excluding hydrogens is 254 g/mol. The summed E-state index contributed by atoms with van der Waals surface area (Å²) in [5.74, 6) is 1.57. The average molecular weight is 277 g/mol. The summed E-state index contributed by atoms with van der Waals surface area (Å²) in [6, 6.07) is 5.41. The first-order valence-electron chi connectivity index (χ1n) is 7.39. The van der Waals surface area contributed by atoms with Gasteiger partial charge >= 0.3 is 0 Å². The Morgan fingerprint density at radius 3 is 2.55 bits per heavy atom. The van der Waals surface area contributed by atoms with Crippen molar-refractivity contribution in [2.24, 2.45) is 0 Å². The van der Waals surface area contributed by atoms with E-state index >= 15 is 0 Å². The van der Waals surface area contributed by atoms with E-state index in [1.165, 1.54) is 0 Å². The highest BCUT2D eigenvalue weighted by molar-refractivity contribution is 6.00. The minimum atomic E-state index is -0.0460. The maximum absolute atomic E-state index is 12.8. The van der Waals surface area contributed by atoms with E-state index in [1.807, 2.05) is 12.1 Å². The number of fused-ring (bicyclic) bond motifs is 1. The minimum absolute atomic E-state index is 0.0460. The van der Waals surface area contributed by atoms with Crippen LogP contribution in [0.3, 0.4) is 0 Å². The lowest BCUT2D eigenvalue weighted by atomic mass is 9.98. The first-order valence-corrected chi connectivity index (χ1v) is 7.39. The molecule has 4 heteroatoms. The number of carbonyl (C=O) groups excluding carboxylic acids is 1. The summed E-state index contributed by atoms with van der Waals surface area (Å²) in [5, 5.41) is 0. The Labute approximate surface area is 120 Å².